The van der Waals surface area contributed by atoms with Gasteiger partial charge in [0.05, 0.1) is 11.5 Å². The first kappa shape index (κ1) is 26.0. The summed E-state index contributed by atoms with van der Waals surface area (Å²) in [5, 5.41) is 9.07. The third kappa shape index (κ3) is 7.42. The van der Waals surface area contributed by atoms with Crippen molar-refractivity contribution in [1.82, 2.24) is 15.1 Å². The van der Waals surface area contributed by atoms with Crippen LogP contribution in [0.25, 0.3) is 0 Å². The topological polar surface area (TPSA) is 117 Å². The molecule has 1 saturated heterocycles. The van der Waals surface area contributed by atoms with E-state index in [0.717, 1.165) is 37.0 Å². The second-order valence-electron chi connectivity index (χ2n) is 8.19. The zero-order chi connectivity index (χ0) is 24.4. The third-order valence-electron chi connectivity index (χ3n) is 5.65. The number of carbonyl (C=O) groups is 1. The first-order valence-electron chi connectivity index (χ1n) is 11.5. The van der Waals surface area contributed by atoms with Gasteiger partial charge in [-0.05, 0) is 74.3 Å². The Morgan fingerprint density at radius 2 is 1.62 bits per heavy atom. The lowest BCUT2D eigenvalue weighted by molar-refractivity contribution is -0.135. The van der Waals surface area contributed by atoms with Crippen LogP contribution in [0.4, 0.5) is 0 Å². The number of amides is 1. The van der Waals surface area contributed by atoms with Gasteiger partial charge in [-0.1, -0.05) is 25.5 Å². The summed E-state index contributed by atoms with van der Waals surface area (Å²) in [7, 11) is -3.84. The van der Waals surface area contributed by atoms with E-state index >= 15 is 0 Å². The zero-order valence-electron chi connectivity index (χ0n) is 19.4. The Hall–Kier alpha value is -2.66. The van der Waals surface area contributed by atoms with Crippen LogP contribution in [0.5, 0.6) is 11.5 Å². The molecular weight excluding hydrogens is 458 g/mol. The highest BCUT2D eigenvalue weighted by Gasteiger charge is 2.28. The number of hydrogen-bond acceptors (Lipinski definition) is 7. The second-order valence-corrected chi connectivity index (χ2v) is 9.96. The summed E-state index contributed by atoms with van der Waals surface area (Å²) in [5.41, 5.74) is 2.61. The predicted molar refractivity (Wildman–Crippen MR) is 127 cm³/mol. The van der Waals surface area contributed by atoms with Gasteiger partial charge in [-0.2, -0.15) is 0 Å². The minimum Gasteiger partial charge on any atom is -0.494 e. The molecule has 1 unspecified atom stereocenters. The van der Waals surface area contributed by atoms with Gasteiger partial charge in [-0.15, -0.1) is 0 Å². The number of nitrogens with one attached hydrogen (secondary N) is 2. The van der Waals surface area contributed by atoms with Gasteiger partial charge >= 0.3 is 0 Å². The lowest BCUT2D eigenvalue weighted by Crippen LogP contribution is -2.53. The Morgan fingerprint density at radius 1 is 1.00 bits per heavy atom. The van der Waals surface area contributed by atoms with Crippen molar-refractivity contribution < 1.29 is 27.9 Å². The molecule has 0 radical (unpaired) electrons. The minimum atomic E-state index is -3.84. The molecule has 1 atom stereocenters. The molecule has 1 heterocycles. The average molecular weight is 492 g/mol. The molecule has 9 nitrogen and oxygen atoms in total. The maximum Gasteiger partial charge on any atom is 0.262 e. The van der Waals surface area contributed by atoms with Crippen molar-refractivity contribution in [3.8, 4) is 11.5 Å². The van der Waals surface area contributed by atoms with Gasteiger partial charge in [0.25, 0.3) is 5.91 Å². The van der Waals surface area contributed by atoms with Gasteiger partial charge in [0.2, 0.25) is 10.0 Å². The number of nitrogens with zero attached hydrogens (tertiary/aromatic N) is 1. The molecule has 1 fully saturated rings. The first-order chi connectivity index (χ1) is 16.4. The average Bonchev–Trinajstić information content (AvgIpc) is 2.87. The SMILES string of the molecule is CCCOc1ccc(COc2ccc(S(=O)(=O)NCC(C(=O)NO)N3CCCCC3)cc2)cc1. The number of rotatable bonds is 12. The molecule has 10 heteroatoms. The molecule has 0 bridgehead atoms. The maximum absolute atomic E-state index is 12.8. The van der Waals surface area contributed by atoms with Crippen LogP contribution in [-0.2, 0) is 21.4 Å². The lowest BCUT2D eigenvalue weighted by atomic mass is 10.1. The molecule has 3 rings (SSSR count). The Kier molecular flexibility index (Phi) is 9.70. The first-order valence-corrected chi connectivity index (χ1v) is 13.0. The largest absolute Gasteiger partial charge is 0.494 e. The van der Waals surface area contributed by atoms with E-state index in [9.17, 15) is 13.2 Å². The van der Waals surface area contributed by atoms with Gasteiger partial charge in [-0.3, -0.25) is 14.9 Å². The molecule has 0 spiro atoms. The quantitative estimate of drug-likeness (QED) is 0.309. The van der Waals surface area contributed by atoms with Crippen molar-refractivity contribution in [1.29, 1.82) is 0 Å². The van der Waals surface area contributed by atoms with Crippen LogP contribution in [0, 0.1) is 0 Å². The van der Waals surface area contributed by atoms with Crippen molar-refractivity contribution in [3.05, 3.63) is 54.1 Å². The van der Waals surface area contributed by atoms with Crippen molar-refractivity contribution >= 4 is 15.9 Å². The molecule has 34 heavy (non-hydrogen) atoms. The highest BCUT2D eigenvalue weighted by molar-refractivity contribution is 7.89. The van der Waals surface area contributed by atoms with Gasteiger partial charge in [-0.25, -0.2) is 18.6 Å². The van der Waals surface area contributed by atoms with Crippen LogP contribution in [0.1, 0.15) is 38.2 Å². The summed E-state index contributed by atoms with van der Waals surface area (Å²) < 4.78 is 39.3. The molecule has 186 valence electrons. The summed E-state index contributed by atoms with van der Waals surface area (Å²) in [6.45, 7) is 4.29. The second kappa shape index (κ2) is 12.7. The van der Waals surface area contributed by atoms with Crippen LogP contribution >= 0.6 is 0 Å². The normalized spacial score (nSPS) is 15.5. The molecule has 1 aliphatic rings. The van der Waals surface area contributed by atoms with E-state index in [4.69, 9.17) is 14.7 Å². The van der Waals surface area contributed by atoms with Crippen LogP contribution in [0.3, 0.4) is 0 Å². The lowest BCUT2D eigenvalue weighted by Gasteiger charge is -2.33. The van der Waals surface area contributed by atoms with Gasteiger partial charge in [0, 0.05) is 6.54 Å². The Balaban J connectivity index is 1.55. The summed E-state index contributed by atoms with van der Waals surface area (Å²) in [4.78, 5) is 14.1. The molecular formula is C24H33N3O6S. The summed E-state index contributed by atoms with van der Waals surface area (Å²) in [6, 6.07) is 13.0. The summed E-state index contributed by atoms with van der Waals surface area (Å²) in [6.07, 6.45) is 3.88. The van der Waals surface area contributed by atoms with Gasteiger partial charge in [0.1, 0.15) is 24.1 Å². The van der Waals surface area contributed by atoms with Crippen LogP contribution in [-0.4, -0.2) is 56.7 Å². The van der Waals surface area contributed by atoms with Crippen LogP contribution in [0.2, 0.25) is 0 Å². The Labute approximate surface area is 201 Å². The van der Waals surface area contributed by atoms with Crippen molar-refractivity contribution in [2.45, 2.75) is 50.2 Å². The minimum absolute atomic E-state index is 0.0686. The summed E-state index contributed by atoms with van der Waals surface area (Å²) >= 11 is 0. The number of piperidine rings is 1. The van der Waals surface area contributed by atoms with E-state index < -0.39 is 22.0 Å². The van der Waals surface area contributed by atoms with E-state index in [2.05, 4.69) is 11.6 Å². The van der Waals surface area contributed by atoms with Gasteiger partial charge < -0.3 is 9.47 Å². The number of hydrogen-bond donors (Lipinski definition) is 3. The van der Waals surface area contributed by atoms with E-state index in [1.807, 2.05) is 29.2 Å². The molecule has 1 amide bonds. The fourth-order valence-electron chi connectivity index (χ4n) is 3.75. The molecule has 1 aliphatic heterocycles. The number of hydroxylamine groups is 1. The van der Waals surface area contributed by atoms with E-state index in [0.29, 0.717) is 32.1 Å². The van der Waals surface area contributed by atoms with E-state index in [1.165, 1.54) is 12.1 Å². The van der Waals surface area contributed by atoms with E-state index in [1.54, 1.807) is 17.6 Å². The number of likely N-dealkylation sites (tertiary alicyclic amines) is 1. The molecule has 0 saturated carbocycles. The van der Waals surface area contributed by atoms with Gasteiger partial charge in [0.15, 0.2) is 0 Å². The Morgan fingerprint density at radius 3 is 2.24 bits per heavy atom. The number of ether oxygens (including phenoxy) is 2. The van der Waals surface area contributed by atoms with Crippen LogP contribution in [0.15, 0.2) is 53.4 Å². The highest BCUT2D eigenvalue weighted by Crippen LogP contribution is 2.19. The molecule has 0 aromatic heterocycles. The smallest absolute Gasteiger partial charge is 0.262 e. The Bertz CT molecular complexity index is 1010. The van der Waals surface area contributed by atoms with Crippen molar-refractivity contribution in [2.24, 2.45) is 0 Å². The maximum atomic E-state index is 12.8. The standard InChI is InChI=1S/C24H33N3O6S/c1-2-16-32-20-8-6-19(7-9-20)18-33-21-10-12-22(13-11-21)34(30,31)25-17-23(24(28)26-29)27-14-4-3-5-15-27/h6-13,23,25,29H,2-5,14-18H2,1H3,(H,26,28). The fourth-order valence-corrected chi connectivity index (χ4v) is 4.79. The number of carbonyl (C=O) groups excluding carboxylic acids is 1. The molecule has 3 N–H and O–H groups in total. The number of benzene rings is 2. The van der Waals surface area contributed by atoms with Crippen molar-refractivity contribution in [3.63, 3.8) is 0 Å². The van der Waals surface area contributed by atoms with Crippen molar-refractivity contribution in [2.75, 3.05) is 26.2 Å². The van der Waals surface area contributed by atoms with Crippen LogP contribution < -0.4 is 19.7 Å². The van der Waals surface area contributed by atoms with E-state index in [-0.39, 0.29) is 11.4 Å². The third-order valence-corrected chi connectivity index (χ3v) is 7.09. The predicted octanol–water partition coefficient (Wildman–Crippen LogP) is 2.69. The molecule has 0 aliphatic carbocycles. The molecule has 2 aromatic rings. The molecule has 2 aromatic carbocycles. The fraction of sp³-hybridized carbons (Fsp3) is 0.458. The highest BCUT2D eigenvalue weighted by atomic mass is 32.2. The number of sulfonamides is 1. The monoisotopic (exact) mass is 491 g/mol. The summed E-state index contributed by atoms with van der Waals surface area (Å²) in [5.74, 6) is 0.723. The zero-order valence-corrected chi connectivity index (χ0v) is 20.2.